The second kappa shape index (κ2) is 6.15. The van der Waals surface area contributed by atoms with Crippen molar-refractivity contribution >= 4 is 30.5 Å². The minimum absolute atomic E-state index is 0. The van der Waals surface area contributed by atoms with Crippen LogP contribution in [-0.2, 0) is 0 Å². The summed E-state index contributed by atoms with van der Waals surface area (Å²) < 4.78 is 0. The van der Waals surface area contributed by atoms with Crippen LogP contribution in [0.25, 0.3) is 0 Å². The highest BCUT2D eigenvalue weighted by atomic mass is 35.5. The Labute approximate surface area is 86.2 Å². The summed E-state index contributed by atoms with van der Waals surface area (Å²) >= 11 is 0. The van der Waals surface area contributed by atoms with E-state index in [1.807, 2.05) is 12.1 Å². The maximum atomic E-state index is 5.53. The van der Waals surface area contributed by atoms with E-state index in [4.69, 9.17) is 5.73 Å². The summed E-state index contributed by atoms with van der Waals surface area (Å²) in [5.74, 6) is 0.598. The van der Waals surface area contributed by atoms with Crippen molar-refractivity contribution in [1.82, 2.24) is 0 Å². The molecule has 0 atom stereocenters. The molecule has 0 aliphatic rings. The quantitative estimate of drug-likeness (QED) is 0.704. The van der Waals surface area contributed by atoms with Crippen LogP contribution in [0, 0.1) is 0 Å². The fourth-order valence-electron chi connectivity index (χ4n) is 0.881. The Balaban J connectivity index is 0. The first-order chi connectivity index (χ1) is 4.70. The van der Waals surface area contributed by atoms with E-state index in [0.29, 0.717) is 5.92 Å². The zero-order chi connectivity index (χ0) is 7.56. The molecule has 1 nitrogen and oxygen atoms in total. The first-order valence-corrected chi connectivity index (χ1v) is 3.55. The van der Waals surface area contributed by atoms with Crippen LogP contribution < -0.4 is 5.73 Å². The van der Waals surface area contributed by atoms with Gasteiger partial charge in [-0.05, 0) is 23.6 Å². The van der Waals surface area contributed by atoms with Gasteiger partial charge in [0.15, 0.2) is 0 Å². The molecule has 3 heteroatoms. The largest absolute Gasteiger partial charge is 0.399 e. The third-order valence-corrected chi connectivity index (χ3v) is 1.60. The van der Waals surface area contributed by atoms with Gasteiger partial charge in [-0.15, -0.1) is 24.8 Å². The minimum Gasteiger partial charge on any atom is -0.399 e. The van der Waals surface area contributed by atoms with Crippen LogP contribution in [0.2, 0.25) is 0 Å². The van der Waals surface area contributed by atoms with Gasteiger partial charge in [-0.25, -0.2) is 0 Å². The van der Waals surface area contributed by atoms with Gasteiger partial charge in [-0.1, -0.05) is 26.0 Å². The summed E-state index contributed by atoms with van der Waals surface area (Å²) in [7, 11) is 0. The topological polar surface area (TPSA) is 26.0 Å². The average molecular weight is 208 g/mol. The van der Waals surface area contributed by atoms with Gasteiger partial charge in [0.2, 0.25) is 0 Å². The maximum Gasteiger partial charge on any atom is 0.0314 e. The lowest BCUT2D eigenvalue weighted by atomic mass is 10.0. The molecule has 1 aromatic carbocycles. The van der Waals surface area contributed by atoms with Crippen LogP contribution in [-0.4, -0.2) is 0 Å². The molecule has 0 aliphatic heterocycles. The van der Waals surface area contributed by atoms with Gasteiger partial charge < -0.3 is 5.73 Å². The molecule has 12 heavy (non-hydrogen) atoms. The number of hydrogen-bond acceptors (Lipinski definition) is 1. The molecule has 0 amide bonds. The van der Waals surface area contributed by atoms with Crippen LogP contribution in [0.15, 0.2) is 24.3 Å². The summed E-state index contributed by atoms with van der Waals surface area (Å²) in [6, 6.07) is 8.02. The highest BCUT2D eigenvalue weighted by molar-refractivity contribution is 5.85. The predicted octanol–water partition coefficient (Wildman–Crippen LogP) is 3.24. The Morgan fingerprint density at radius 2 is 1.42 bits per heavy atom. The molecule has 0 spiro atoms. The lowest BCUT2D eigenvalue weighted by molar-refractivity contribution is 0.867. The van der Waals surface area contributed by atoms with Crippen LogP contribution in [0.4, 0.5) is 5.69 Å². The van der Waals surface area contributed by atoms with Crippen LogP contribution in [0.3, 0.4) is 0 Å². The zero-order valence-electron chi connectivity index (χ0n) is 7.28. The van der Waals surface area contributed by atoms with Crippen molar-refractivity contribution in [2.24, 2.45) is 0 Å². The van der Waals surface area contributed by atoms with Crippen LogP contribution >= 0.6 is 24.8 Å². The van der Waals surface area contributed by atoms with Gasteiger partial charge in [0, 0.05) is 5.69 Å². The Morgan fingerprint density at radius 3 is 1.75 bits per heavy atom. The summed E-state index contributed by atoms with van der Waals surface area (Å²) in [5, 5.41) is 0. The molecule has 0 radical (unpaired) electrons. The Bertz CT molecular complexity index is 206. The fourth-order valence-corrected chi connectivity index (χ4v) is 0.881. The third kappa shape index (κ3) is 3.84. The predicted molar refractivity (Wildman–Crippen MR) is 59.4 cm³/mol. The normalized spacial score (nSPS) is 8.58. The van der Waals surface area contributed by atoms with Gasteiger partial charge in [-0.3, -0.25) is 0 Å². The average Bonchev–Trinajstić information content (AvgIpc) is 1.88. The number of benzene rings is 1. The molecular weight excluding hydrogens is 193 g/mol. The van der Waals surface area contributed by atoms with E-state index in [1.54, 1.807) is 0 Å². The summed E-state index contributed by atoms with van der Waals surface area (Å²) in [4.78, 5) is 0. The lowest BCUT2D eigenvalue weighted by Gasteiger charge is -2.03. The molecule has 70 valence electrons. The molecule has 1 aromatic rings. The Morgan fingerprint density at radius 1 is 1.00 bits per heavy atom. The standard InChI is InChI=1S/C9H13N.2ClH/c1-7(2)8-3-5-9(10)6-4-8;;/h3-7H,10H2,1-2H3;2*1H. The smallest absolute Gasteiger partial charge is 0.0314 e. The molecule has 1 rings (SSSR count). The van der Waals surface area contributed by atoms with Crippen molar-refractivity contribution in [3.05, 3.63) is 29.8 Å². The number of hydrogen-bond donors (Lipinski definition) is 1. The van der Waals surface area contributed by atoms with E-state index < -0.39 is 0 Å². The number of nitrogen functional groups attached to an aromatic ring is 1. The van der Waals surface area contributed by atoms with E-state index in [9.17, 15) is 0 Å². The first kappa shape index (κ1) is 14.1. The maximum absolute atomic E-state index is 5.53. The number of nitrogens with two attached hydrogens (primary N) is 1. The SMILES string of the molecule is CC(C)c1ccc(N)cc1.Cl.Cl. The Kier molecular flexibility index (Phi) is 7.25. The Hall–Kier alpha value is -0.400. The molecule has 2 N–H and O–H groups in total. The highest BCUT2D eigenvalue weighted by Gasteiger charge is 1.95. The molecule has 0 aromatic heterocycles. The van der Waals surface area contributed by atoms with Crippen LogP contribution in [0.1, 0.15) is 25.3 Å². The fraction of sp³-hybridized carbons (Fsp3) is 0.333. The number of halogens is 2. The van der Waals surface area contributed by atoms with E-state index in [0.717, 1.165) is 5.69 Å². The van der Waals surface area contributed by atoms with Gasteiger partial charge in [0.25, 0.3) is 0 Å². The van der Waals surface area contributed by atoms with E-state index in [2.05, 4.69) is 26.0 Å². The molecule has 0 heterocycles. The van der Waals surface area contributed by atoms with E-state index >= 15 is 0 Å². The molecule has 0 fully saturated rings. The lowest BCUT2D eigenvalue weighted by Crippen LogP contribution is -1.88. The first-order valence-electron chi connectivity index (χ1n) is 3.55. The number of anilines is 1. The van der Waals surface area contributed by atoms with Crippen molar-refractivity contribution in [1.29, 1.82) is 0 Å². The van der Waals surface area contributed by atoms with Crippen molar-refractivity contribution in [3.8, 4) is 0 Å². The molecule has 0 aliphatic carbocycles. The van der Waals surface area contributed by atoms with Gasteiger partial charge in [0.1, 0.15) is 0 Å². The summed E-state index contributed by atoms with van der Waals surface area (Å²) in [5.41, 5.74) is 7.71. The highest BCUT2D eigenvalue weighted by Crippen LogP contribution is 2.14. The van der Waals surface area contributed by atoms with Gasteiger partial charge in [0.05, 0.1) is 0 Å². The molecule has 0 saturated carbocycles. The third-order valence-electron chi connectivity index (χ3n) is 1.60. The van der Waals surface area contributed by atoms with Crippen molar-refractivity contribution in [3.63, 3.8) is 0 Å². The number of rotatable bonds is 1. The van der Waals surface area contributed by atoms with E-state index in [-0.39, 0.29) is 24.8 Å². The summed E-state index contributed by atoms with van der Waals surface area (Å²) in [6.45, 7) is 4.34. The van der Waals surface area contributed by atoms with E-state index in [1.165, 1.54) is 5.56 Å². The monoisotopic (exact) mass is 207 g/mol. The summed E-state index contributed by atoms with van der Waals surface area (Å²) in [6.07, 6.45) is 0. The zero-order valence-corrected chi connectivity index (χ0v) is 8.91. The second-order valence-corrected chi connectivity index (χ2v) is 2.82. The van der Waals surface area contributed by atoms with Crippen molar-refractivity contribution in [2.45, 2.75) is 19.8 Å². The van der Waals surface area contributed by atoms with Gasteiger partial charge >= 0.3 is 0 Å². The molecule has 0 bridgehead atoms. The molecule has 0 unspecified atom stereocenters. The van der Waals surface area contributed by atoms with Crippen LogP contribution in [0.5, 0.6) is 0 Å². The molecular formula is C9H15Cl2N. The minimum atomic E-state index is 0. The van der Waals surface area contributed by atoms with Gasteiger partial charge in [-0.2, -0.15) is 0 Å². The molecule has 0 saturated heterocycles. The van der Waals surface area contributed by atoms with Crippen molar-refractivity contribution < 1.29 is 0 Å². The second-order valence-electron chi connectivity index (χ2n) is 2.82. The van der Waals surface area contributed by atoms with Crippen molar-refractivity contribution in [2.75, 3.05) is 5.73 Å².